The van der Waals surface area contributed by atoms with Crippen molar-refractivity contribution in [2.75, 3.05) is 19.0 Å². The molecule has 1 heterocycles. The quantitative estimate of drug-likeness (QED) is 0.873. The van der Waals surface area contributed by atoms with Gasteiger partial charge in [0.15, 0.2) is 12.4 Å². The highest BCUT2D eigenvalue weighted by Crippen LogP contribution is 2.19. The lowest BCUT2D eigenvalue weighted by atomic mass is 10.1. The number of nitrogens with zero attached hydrogens (tertiary/aromatic N) is 2. The Morgan fingerprint density at radius 3 is 2.29 bits per heavy atom. The lowest BCUT2D eigenvalue weighted by Crippen LogP contribution is -2.36. The largest absolute Gasteiger partial charge is 0.378 e. The topological polar surface area (TPSA) is 27.4 Å². The molecule has 3 nitrogen and oxygen atoms in total. The molecule has 0 fully saturated rings. The van der Waals surface area contributed by atoms with Gasteiger partial charge in [0.1, 0.15) is 0 Å². The van der Waals surface area contributed by atoms with Gasteiger partial charge in [0, 0.05) is 38.8 Å². The van der Waals surface area contributed by atoms with Crippen molar-refractivity contribution >= 4 is 17.8 Å². The molecule has 110 valence electrons. The van der Waals surface area contributed by atoms with Crippen molar-refractivity contribution in [3.8, 4) is 0 Å². The van der Waals surface area contributed by atoms with E-state index in [0.717, 1.165) is 5.56 Å². The monoisotopic (exact) mass is 283 g/mol. The Balaban J connectivity index is 2.17. The maximum absolute atomic E-state index is 9.47. The summed E-state index contributed by atoms with van der Waals surface area (Å²) in [7, 11) is 4.09. The van der Waals surface area contributed by atoms with Gasteiger partial charge in [0.05, 0.1) is 0 Å². The second kappa shape index (κ2) is 6.55. The number of aliphatic hydroxyl groups is 1. The minimum absolute atomic E-state index is 0.496. The van der Waals surface area contributed by atoms with E-state index in [9.17, 15) is 5.11 Å². The maximum atomic E-state index is 9.47. The number of benzene rings is 1. The molecule has 0 radical (unpaired) electrons. The first-order valence-electron chi connectivity index (χ1n) is 7.12. The van der Waals surface area contributed by atoms with Gasteiger partial charge in [-0.25, -0.2) is 0 Å². The molecular formula is C18H23N2O+. The molecular weight excluding hydrogens is 260 g/mol. The van der Waals surface area contributed by atoms with E-state index >= 15 is 0 Å². The first-order chi connectivity index (χ1) is 9.97. The highest BCUT2D eigenvalue weighted by atomic mass is 16.3. The fraction of sp³-hybridized carbons (Fsp3) is 0.278. The number of hydrogen-bond acceptors (Lipinski definition) is 2. The summed E-state index contributed by atoms with van der Waals surface area (Å²) >= 11 is 0. The molecule has 0 bridgehead atoms. The molecule has 1 unspecified atom stereocenters. The minimum Gasteiger partial charge on any atom is -0.378 e. The van der Waals surface area contributed by atoms with Crippen molar-refractivity contribution in [3.05, 3.63) is 59.4 Å². The van der Waals surface area contributed by atoms with E-state index in [1.807, 2.05) is 38.6 Å². The van der Waals surface area contributed by atoms with Crippen LogP contribution in [0.15, 0.2) is 42.7 Å². The van der Waals surface area contributed by atoms with Crippen LogP contribution in [0, 0.1) is 6.92 Å². The molecule has 1 aromatic carbocycles. The van der Waals surface area contributed by atoms with Crippen molar-refractivity contribution in [1.82, 2.24) is 0 Å². The summed E-state index contributed by atoms with van der Waals surface area (Å²) in [4.78, 5) is 2.10. The number of aromatic nitrogens is 1. The predicted octanol–water partition coefficient (Wildman–Crippen LogP) is 3.03. The Morgan fingerprint density at radius 1 is 1.10 bits per heavy atom. The zero-order chi connectivity index (χ0) is 15.4. The van der Waals surface area contributed by atoms with E-state index in [1.54, 1.807) is 11.5 Å². The first kappa shape index (κ1) is 15.3. The first-order valence-corrected chi connectivity index (χ1v) is 7.12. The second-order valence-electron chi connectivity index (χ2n) is 5.48. The van der Waals surface area contributed by atoms with Crippen LogP contribution in [0.4, 0.5) is 5.69 Å². The zero-order valence-corrected chi connectivity index (χ0v) is 13.1. The van der Waals surface area contributed by atoms with Gasteiger partial charge in [-0.05, 0) is 35.7 Å². The number of rotatable bonds is 4. The van der Waals surface area contributed by atoms with E-state index < -0.39 is 6.23 Å². The van der Waals surface area contributed by atoms with Crippen LogP contribution < -0.4 is 9.47 Å². The Bertz CT molecular complexity index is 628. The zero-order valence-electron chi connectivity index (χ0n) is 13.1. The Morgan fingerprint density at radius 2 is 1.76 bits per heavy atom. The highest BCUT2D eigenvalue weighted by Gasteiger charge is 2.05. The van der Waals surface area contributed by atoms with Crippen molar-refractivity contribution < 1.29 is 9.67 Å². The Labute approximate surface area is 126 Å². The fourth-order valence-electron chi connectivity index (χ4n) is 2.12. The highest BCUT2D eigenvalue weighted by molar-refractivity contribution is 5.72. The average Bonchev–Trinajstić information content (AvgIpc) is 2.46. The molecule has 0 saturated carbocycles. The summed E-state index contributed by atoms with van der Waals surface area (Å²) < 4.78 is 1.76. The van der Waals surface area contributed by atoms with E-state index in [0.29, 0.717) is 0 Å². The molecule has 0 aliphatic rings. The molecule has 2 aromatic rings. The van der Waals surface area contributed by atoms with Gasteiger partial charge in [0.25, 0.3) is 6.23 Å². The minimum atomic E-state index is -0.496. The Kier molecular flexibility index (Phi) is 4.76. The van der Waals surface area contributed by atoms with Gasteiger partial charge >= 0.3 is 0 Å². The molecule has 0 amide bonds. The van der Waals surface area contributed by atoms with E-state index in [2.05, 4.69) is 42.2 Å². The molecule has 0 aliphatic heterocycles. The summed E-state index contributed by atoms with van der Waals surface area (Å²) in [5.41, 5.74) is 4.80. The molecule has 0 saturated heterocycles. The van der Waals surface area contributed by atoms with Crippen LogP contribution in [0.25, 0.3) is 12.2 Å². The van der Waals surface area contributed by atoms with Crippen molar-refractivity contribution in [3.63, 3.8) is 0 Å². The third-order valence-corrected chi connectivity index (χ3v) is 3.53. The maximum Gasteiger partial charge on any atom is 0.257 e. The second-order valence-corrected chi connectivity index (χ2v) is 5.48. The van der Waals surface area contributed by atoms with Gasteiger partial charge < -0.3 is 10.0 Å². The average molecular weight is 283 g/mol. The van der Waals surface area contributed by atoms with Crippen LogP contribution in [0.2, 0.25) is 0 Å². The van der Waals surface area contributed by atoms with Crippen molar-refractivity contribution in [2.24, 2.45) is 0 Å². The summed E-state index contributed by atoms with van der Waals surface area (Å²) in [5, 5.41) is 9.47. The smallest absolute Gasteiger partial charge is 0.257 e. The standard InChI is InChI=1S/C18H23N2O/c1-14-13-18(19(3)4)8-7-17(14)6-5-16-9-11-20(12-10-16)15(2)21/h5-13,15,21H,1-4H3/q+1. The van der Waals surface area contributed by atoms with Crippen LogP contribution >= 0.6 is 0 Å². The summed E-state index contributed by atoms with van der Waals surface area (Å²) in [5.74, 6) is 0. The van der Waals surface area contributed by atoms with Crippen LogP contribution in [-0.2, 0) is 0 Å². The lowest BCUT2D eigenvalue weighted by Gasteiger charge is -2.13. The van der Waals surface area contributed by atoms with Gasteiger partial charge in [-0.15, -0.1) is 0 Å². The summed E-state index contributed by atoms with van der Waals surface area (Å²) in [6.07, 6.45) is 7.48. The summed E-state index contributed by atoms with van der Waals surface area (Å²) in [6.45, 7) is 3.87. The van der Waals surface area contributed by atoms with Crippen LogP contribution in [0.3, 0.4) is 0 Å². The Hall–Kier alpha value is -2.13. The van der Waals surface area contributed by atoms with Crippen molar-refractivity contribution in [2.45, 2.75) is 20.1 Å². The number of aryl methyl sites for hydroxylation is 1. The fourth-order valence-corrected chi connectivity index (χ4v) is 2.12. The van der Waals surface area contributed by atoms with E-state index in [4.69, 9.17) is 0 Å². The molecule has 1 atom stereocenters. The van der Waals surface area contributed by atoms with E-state index in [1.165, 1.54) is 16.8 Å². The van der Waals surface area contributed by atoms with Gasteiger partial charge in [-0.2, -0.15) is 4.57 Å². The normalized spacial score (nSPS) is 12.6. The predicted molar refractivity (Wildman–Crippen MR) is 88.0 cm³/mol. The molecule has 1 N–H and O–H groups in total. The molecule has 2 rings (SSSR count). The molecule has 1 aromatic heterocycles. The third-order valence-electron chi connectivity index (χ3n) is 3.53. The van der Waals surface area contributed by atoms with Gasteiger partial charge in [-0.3, -0.25) is 0 Å². The SMILES string of the molecule is Cc1cc(N(C)C)ccc1C=Cc1cc[n+](C(C)O)cc1. The summed E-state index contributed by atoms with van der Waals surface area (Å²) in [6, 6.07) is 10.4. The number of anilines is 1. The lowest BCUT2D eigenvalue weighted by molar-refractivity contribution is -0.755. The number of pyridine rings is 1. The number of hydrogen-bond donors (Lipinski definition) is 1. The van der Waals surface area contributed by atoms with E-state index in [-0.39, 0.29) is 0 Å². The third kappa shape index (κ3) is 3.92. The van der Waals surface area contributed by atoms with Crippen molar-refractivity contribution in [1.29, 1.82) is 0 Å². The van der Waals surface area contributed by atoms with Crippen LogP contribution in [0.1, 0.15) is 29.8 Å². The molecule has 0 spiro atoms. The van der Waals surface area contributed by atoms with Gasteiger partial charge in [0.2, 0.25) is 0 Å². The number of aliphatic hydroxyl groups excluding tert-OH is 1. The van der Waals surface area contributed by atoms with Crippen LogP contribution in [-0.4, -0.2) is 19.2 Å². The molecule has 3 heteroatoms. The van der Waals surface area contributed by atoms with Gasteiger partial charge in [-0.1, -0.05) is 18.2 Å². The van der Waals surface area contributed by atoms with Crippen LogP contribution in [0.5, 0.6) is 0 Å². The molecule has 21 heavy (non-hydrogen) atoms. The molecule has 0 aliphatic carbocycles.